The van der Waals surface area contributed by atoms with E-state index in [0.717, 1.165) is 54.8 Å². The predicted octanol–water partition coefficient (Wildman–Crippen LogP) is 2.45. The molecule has 2 aliphatic rings. The maximum Gasteiger partial charge on any atom is 0.231 e. The maximum atomic E-state index is 11.9. The second-order valence-electron chi connectivity index (χ2n) is 5.65. The monoisotopic (exact) mass is 286 g/mol. The fourth-order valence-corrected chi connectivity index (χ4v) is 3.13. The van der Waals surface area contributed by atoms with Crippen LogP contribution in [0.3, 0.4) is 0 Å². The summed E-state index contributed by atoms with van der Waals surface area (Å²) in [5, 5.41) is 1.16. The molecule has 0 saturated carbocycles. The van der Waals surface area contributed by atoms with Gasteiger partial charge in [0, 0.05) is 42.7 Å². The first-order valence-corrected chi connectivity index (χ1v) is 7.48. The van der Waals surface area contributed by atoms with Gasteiger partial charge in [0.15, 0.2) is 11.5 Å². The lowest BCUT2D eigenvalue weighted by Gasteiger charge is -2.26. The molecule has 1 saturated heterocycles. The van der Waals surface area contributed by atoms with Gasteiger partial charge < -0.3 is 19.4 Å². The number of aromatic nitrogens is 1. The molecule has 1 fully saturated rings. The molecule has 2 aromatic rings. The minimum atomic E-state index is 0.290. The van der Waals surface area contributed by atoms with E-state index in [1.165, 1.54) is 5.56 Å². The number of likely N-dealkylation sites (tertiary alicyclic amines) is 1. The summed E-state index contributed by atoms with van der Waals surface area (Å²) in [6.45, 7) is 1.98. The molecule has 3 heterocycles. The molecule has 0 radical (unpaired) electrons. The second kappa shape index (κ2) is 4.98. The van der Waals surface area contributed by atoms with Gasteiger partial charge in [-0.05, 0) is 30.9 Å². The Bertz CT molecular complexity index is 692. The summed E-state index contributed by atoms with van der Waals surface area (Å²) in [4.78, 5) is 17.1. The van der Waals surface area contributed by atoms with Crippen LogP contribution in [0, 0.1) is 0 Å². The number of carbonyl (C=O) groups is 1. The van der Waals surface area contributed by atoms with Crippen molar-refractivity contribution in [3.63, 3.8) is 0 Å². The van der Waals surface area contributed by atoms with Crippen molar-refractivity contribution in [3.8, 4) is 11.5 Å². The van der Waals surface area contributed by atoms with Gasteiger partial charge in [0.05, 0.1) is 0 Å². The third kappa shape index (κ3) is 2.22. The highest BCUT2D eigenvalue weighted by Gasteiger charge is 2.19. The first kappa shape index (κ1) is 12.6. The molecule has 1 N–H and O–H groups in total. The van der Waals surface area contributed by atoms with E-state index in [0.29, 0.717) is 19.1 Å². The molecule has 1 aromatic carbocycles. The van der Waals surface area contributed by atoms with E-state index in [9.17, 15) is 4.79 Å². The van der Waals surface area contributed by atoms with Gasteiger partial charge >= 0.3 is 0 Å². The van der Waals surface area contributed by atoms with Crippen molar-refractivity contribution >= 4 is 16.8 Å². The zero-order valence-corrected chi connectivity index (χ0v) is 11.9. The van der Waals surface area contributed by atoms with E-state index in [-0.39, 0.29) is 0 Å². The zero-order valence-electron chi connectivity index (χ0n) is 11.9. The van der Waals surface area contributed by atoms with Crippen molar-refractivity contribution in [1.82, 2.24) is 9.88 Å². The van der Waals surface area contributed by atoms with Crippen molar-refractivity contribution in [2.75, 3.05) is 19.9 Å². The Balaban J connectivity index is 1.55. The Morgan fingerprint density at radius 3 is 2.90 bits per heavy atom. The fourth-order valence-electron chi connectivity index (χ4n) is 3.13. The van der Waals surface area contributed by atoms with Crippen LogP contribution in [0.2, 0.25) is 0 Å². The van der Waals surface area contributed by atoms with Crippen LogP contribution in [-0.4, -0.2) is 35.7 Å². The van der Waals surface area contributed by atoms with Crippen LogP contribution >= 0.6 is 0 Å². The number of nitrogens with one attached hydrogen (secondary N) is 1. The number of hydrogen-bond acceptors (Lipinski definition) is 3. The van der Waals surface area contributed by atoms with E-state index < -0.39 is 0 Å². The van der Waals surface area contributed by atoms with E-state index in [1.807, 2.05) is 23.2 Å². The van der Waals surface area contributed by atoms with Gasteiger partial charge in [-0.25, -0.2) is 0 Å². The molecule has 0 spiro atoms. The van der Waals surface area contributed by atoms with Crippen molar-refractivity contribution in [3.05, 3.63) is 23.9 Å². The van der Waals surface area contributed by atoms with E-state index >= 15 is 0 Å². The predicted molar refractivity (Wildman–Crippen MR) is 78.6 cm³/mol. The van der Waals surface area contributed by atoms with Gasteiger partial charge in [0.1, 0.15) is 0 Å². The Morgan fingerprint density at radius 1 is 1.19 bits per heavy atom. The molecule has 0 aliphatic carbocycles. The van der Waals surface area contributed by atoms with Crippen LogP contribution in [0.1, 0.15) is 24.8 Å². The third-order valence-corrected chi connectivity index (χ3v) is 4.33. The highest BCUT2D eigenvalue weighted by atomic mass is 16.7. The fraction of sp³-hybridized carbons (Fsp3) is 0.438. The van der Waals surface area contributed by atoms with Gasteiger partial charge in [-0.15, -0.1) is 0 Å². The quantitative estimate of drug-likeness (QED) is 0.943. The topological polar surface area (TPSA) is 54.6 Å². The number of H-pyrrole nitrogens is 1. The summed E-state index contributed by atoms with van der Waals surface area (Å²) in [5.41, 5.74) is 2.28. The molecule has 0 unspecified atom stereocenters. The van der Waals surface area contributed by atoms with Gasteiger partial charge in [-0.1, -0.05) is 0 Å². The first-order chi connectivity index (χ1) is 10.3. The number of aromatic amines is 1. The van der Waals surface area contributed by atoms with Gasteiger partial charge in [-0.2, -0.15) is 0 Å². The lowest BCUT2D eigenvalue weighted by atomic mass is 10.1. The van der Waals surface area contributed by atoms with Crippen LogP contribution in [0.25, 0.3) is 10.9 Å². The van der Waals surface area contributed by atoms with Crippen molar-refractivity contribution in [1.29, 1.82) is 0 Å². The molecule has 0 bridgehead atoms. The van der Waals surface area contributed by atoms with Crippen LogP contribution in [0.5, 0.6) is 11.5 Å². The van der Waals surface area contributed by atoms with E-state index in [1.54, 1.807) is 0 Å². The summed E-state index contributed by atoms with van der Waals surface area (Å²) < 4.78 is 10.8. The molecule has 5 nitrogen and oxygen atoms in total. The average molecular weight is 286 g/mol. The number of hydrogen-bond donors (Lipinski definition) is 1. The number of benzene rings is 1. The molecule has 1 amide bonds. The Kier molecular flexibility index (Phi) is 2.98. The Labute approximate surface area is 122 Å². The number of ether oxygens (including phenoxy) is 2. The summed E-state index contributed by atoms with van der Waals surface area (Å²) >= 11 is 0. The van der Waals surface area contributed by atoms with Crippen molar-refractivity contribution in [2.24, 2.45) is 0 Å². The number of piperidine rings is 1. The highest BCUT2D eigenvalue weighted by molar-refractivity contribution is 5.87. The minimum Gasteiger partial charge on any atom is -0.454 e. The van der Waals surface area contributed by atoms with Crippen LogP contribution in [0.15, 0.2) is 18.3 Å². The maximum absolute atomic E-state index is 11.9. The minimum absolute atomic E-state index is 0.290. The summed E-state index contributed by atoms with van der Waals surface area (Å²) in [6.07, 6.45) is 5.75. The molecule has 0 atom stereocenters. The summed E-state index contributed by atoms with van der Waals surface area (Å²) in [7, 11) is 0. The largest absolute Gasteiger partial charge is 0.454 e. The third-order valence-electron chi connectivity index (χ3n) is 4.33. The smallest absolute Gasteiger partial charge is 0.231 e. The number of carbonyl (C=O) groups excluding carboxylic acids is 1. The summed E-state index contributed by atoms with van der Waals surface area (Å²) in [6, 6.07) is 4.01. The standard InChI is InChI=1S/C16H18N2O3/c19-16-3-1-2-5-18(16)6-4-11-9-17-13-8-15-14(7-12(11)13)20-10-21-15/h7-9,17H,1-6,10H2. The second-order valence-corrected chi connectivity index (χ2v) is 5.65. The van der Waals surface area contributed by atoms with Crippen molar-refractivity contribution < 1.29 is 14.3 Å². The lowest BCUT2D eigenvalue weighted by Crippen LogP contribution is -2.36. The van der Waals surface area contributed by atoms with Gasteiger partial charge in [-0.3, -0.25) is 4.79 Å². The lowest BCUT2D eigenvalue weighted by molar-refractivity contribution is -0.133. The van der Waals surface area contributed by atoms with Gasteiger partial charge in [0.2, 0.25) is 12.7 Å². The Hall–Kier alpha value is -2.17. The molecule has 5 heteroatoms. The molecule has 4 rings (SSSR count). The number of amides is 1. The Morgan fingerprint density at radius 2 is 2.05 bits per heavy atom. The molecule has 1 aromatic heterocycles. The summed E-state index contributed by atoms with van der Waals surface area (Å²) in [5.74, 6) is 1.89. The van der Waals surface area contributed by atoms with Gasteiger partial charge in [0.25, 0.3) is 0 Å². The van der Waals surface area contributed by atoms with E-state index in [4.69, 9.17) is 9.47 Å². The zero-order chi connectivity index (χ0) is 14.2. The average Bonchev–Trinajstić information content (AvgIpc) is 3.10. The molecule has 110 valence electrons. The molecular formula is C16H18N2O3. The highest BCUT2D eigenvalue weighted by Crippen LogP contribution is 2.37. The SMILES string of the molecule is O=C1CCCCN1CCc1c[nH]c2cc3c(cc12)OCO3. The van der Waals surface area contributed by atoms with Crippen molar-refractivity contribution in [2.45, 2.75) is 25.7 Å². The first-order valence-electron chi connectivity index (χ1n) is 7.48. The van der Waals surface area contributed by atoms with E-state index in [2.05, 4.69) is 4.98 Å². The molecular weight excluding hydrogens is 268 g/mol. The number of nitrogens with zero attached hydrogens (tertiary/aromatic N) is 1. The molecule has 21 heavy (non-hydrogen) atoms. The number of fused-ring (bicyclic) bond motifs is 2. The molecule has 2 aliphatic heterocycles. The van der Waals surface area contributed by atoms with Crippen LogP contribution < -0.4 is 9.47 Å². The normalized spacial score (nSPS) is 17.7. The number of rotatable bonds is 3. The van der Waals surface area contributed by atoms with Crippen LogP contribution in [0.4, 0.5) is 0 Å². The van der Waals surface area contributed by atoms with Crippen LogP contribution in [-0.2, 0) is 11.2 Å².